The number of amides is 3. The lowest BCUT2D eigenvalue weighted by atomic mass is 10.2. The molecule has 11 heteroatoms. The summed E-state index contributed by atoms with van der Waals surface area (Å²) in [5.41, 5.74) is 1.06. The van der Waals surface area contributed by atoms with Crippen LogP contribution in [0.2, 0.25) is 0 Å². The Morgan fingerprint density at radius 1 is 0.900 bits per heavy atom. The molecule has 0 spiro atoms. The quantitative estimate of drug-likeness (QED) is 0.564. The van der Waals surface area contributed by atoms with E-state index < -0.39 is 43.2 Å². The zero-order valence-corrected chi connectivity index (χ0v) is 15.5. The second kappa shape index (κ2) is 10.7. The highest BCUT2D eigenvalue weighted by atomic mass is 19.4. The van der Waals surface area contributed by atoms with Crippen molar-refractivity contribution in [3.8, 4) is 5.75 Å². The van der Waals surface area contributed by atoms with Crippen LogP contribution in [0.25, 0.3) is 0 Å². The van der Waals surface area contributed by atoms with Gasteiger partial charge in [0.25, 0.3) is 5.91 Å². The minimum atomic E-state index is -4.81. The van der Waals surface area contributed by atoms with Crippen LogP contribution in [-0.4, -0.2) is 37.4 Å². The van der Waals surface area contributed by atoms with Crippen LogP contribution in [0.1, 0.15) is 5.56 Å². The van der Waals surface area contributed by atoms with Gasteiger partial charge in [0.1, 0.15) is 12.3 Å². The lowest BCUT2D eigenvalue weighted by molar-refractivity contribution is -0.274. The molecular weight excluding hydrogens is 407 g/mol. The smallest absolute Gasteiger partial charge is 0.454 e. The number of ether oxygens (including phenoxy) is 2. The molecule has 0 fully saturated rings. The monoisotopic (exact) mass is 425 g/mol. The maximum absolute atomic E-state index is 12.1. The molecular formula is C19H18F3N3O5. The fraction of sp³-hybridized carbons (Fsp3) is 0.211. The van der Waals surface area contributed by atoms with Crippen molar-refractivity contribution in [2.75, 3.05) is 18.5 Å². The minimum Gasteiger partial charge on any atom is -0.454 e. The number of halogens is 3. The van der Waals surface area contributed by atoms with Crippen molar-refractivity contribution in [2.45, 2.75) is 12.9 Å². The Labute approximate surface area is 169 Å². The van der Waals surface area contributed by atoms with Gasteiger partial charge in [-0.25, -0.2) is 4.79 Å². The van der Waals surface area contributed by atoms with E-state index in [1.54, 1.807) is 0 Å². The number of nitrogens with one attached hydrogen (secondary N) is 3. The van der Waals surface area contributed by atoms with Crippen LogP contribution >= 0.6 is 0 Å². The highest BCUT2D eigenvalue weighted by Gasteiger charge is 2.30. The predicted molar refractivity (Wildman–Crippen MR) is 99.4 cm³/mol. The highest BCUT2D eigenvalue weighted by molar-refractivity contribution is 5.93. The molecule has 160 valence electrons. The van der Waals surface area contributed by atoms with Crippen LogP contribution < -0.4 is 20.7 Å². The normalized spacial score (nSPS) is 10.6. The van der Waals surface area contributed by atoms with E-state index in [0.29, 0.717) is 0 Å². The third-order valence-electron chi connectivity index (χ3n) is 3.43. The molecule has 0 aliphatic carbocycles. The second-order valence-corrected chi connectivity index (χ2v) is 5.80. The molecule has 2 aromatic rings. The van der Waals surface area contributed by atoms with Crippen LogP contribution in [0.15, 0.2) is 54.6 Å². The van der Waals surface area contributed by atoms with Gasteiger partial charge in [0.2, 0.25) is 0 Å². The Bertz CT molecular complexity index is 858. The van der Waals surface area contributed by atoms with Crippen LogP contribution in [0, 0.1) is 0 Å². The van der Waals surface area contributed by atoms with Crippen molar-refractivity contribution >= 4 is 23.6 Å². The van der Waals surface area contributed by atoms with Crippen LogP contribution in [0.5, 0.6) is 5.75 Å². The number of alkyl halides is 3. The largest absolute Gasteiger partial charge is 0.573 e. The summed E-state index contributed by atoms with van der Waals surface area (Å²) in [4.78, 5) is 34.9. The Morgan fingerprint density at radius 3 is 2.20 bits per heavy atom. The molecule has 0 saturated carbocycles. The van der Waals surface area contributed by atoms with E-state index in [9.17, 15) is 27.6 Å². The number of hydrogen-bond acceptors (Lipinski definition) is 5. The molecule has 3 N–H and O–H groups in total. The van der Waals surface area contributed by atoms with Gasteiger partial charge in [-0.1, -0.05) is 30.3 Å². The van der Waals surface area contributed by atoms with Gasteiger partial charge in [-0.2, -0.15) is 0 Å². The summed E-state index contributed by atoms with van der Waals surface area (Å²) in [7, 11) is 0. The number of carbonyl (C=O) groups is 3. The number of esters is 1. The zero-order valence-electron chi connectivity index (χ0n) is 15.5. The van der Waals surface area contributed by atoms with Gasteiger partial charge in [-0.15, -0.1) is 13.2 Å². The average Bonchev–Trinajstić information content (AvgIpc) is 2.70. The van der Waals surface area contributed by atoms with Crippen LogP contribution in [0.3, 0.4) is 0 Å². The SMILES string of the molecule is O=C(COC(=O)CNC(=O)NCc1ccccc1)Nc1ccc(OC(F)(F)F)cc1. The molecule has 0 aromatic heterocycles. The van der Waals surface area contributed by atoms with Gasteiger partial charge in [0, 0.05) is 12.2 Å². The molecule has 30 heavy (non-hydrogen) atoms. The first kappa shape index (κ1) is 22.5. The lowest BCUT2D eigenvalue weighted by Crippen LogP contribution is -2.39. The van der Waals surface area contributed by atoms with Gasteiger partial charge in [-0.05, 0) is 29.8 Å². The van der Waals surface area contributed by atoms with Gasteiger partial charge >= 0.3 is 18.4 Å². The summed E-state index contributed by atoms with van der Waals surface area (Å²) in [6.45, 7) is -0.804. The summed E-state index contributed by atoms with van der Waals surface area (Å²) in [5, 5.41) is 7.18. The maximum atomic E-state index is 12.1. The summed E-state index contributed by atoms with van der Waals surface area (Å²) in [5.74, 6) is -1.99. The molecule has 0 aliphatic heterocycles. The van der Waals surface area contributed by atoms with Gasteiger partial charge in [0.15, 0.2) is 6.61 Å². The first-order valence-electron chi connectivity index (χ1n) is 8.58. The molecule has 0 saturated heterocycles. The predicted octanol–water partition coefficient (Wildman–Crippen LogP) is 2.57. The number of carbonyl (C=O) groups excluding carboxylic acids is 3. The maximum Gasteiger partial charge on any atom is 0.573 e. The summed E-state index contributed by atoms with van der Waals surface area (Å²) in [6.07, 6.45) is -4.81. The highest BCUT2D eigenvalue weighted by Crippen LogP contribution is 2.23. The van der Waals surface area contributed by atoms with Crippen molar-refractivity contribution in [1.29, 1.82) is 0 Å². The number of rotatable bonds is 8. The molecule has 3 amide bonds. The van der Waals surface area contributed by atoms with Crippen LogP contribution in [-0.2, 0) is 20.9 Å². The van der Waals surface area contributed by atoms with E-state index in [0.717, 1.165) is 17.7 Å². The van der Waals surface area contributed by atoms with Gasteiger partial charge < -0.3 is 25.4 Å². The molecule has 0 radical (unpaired) electrons. The average molecular weight is 425 g/mol. The third kappa shape index (κ3) is 8.95. The molecule has 8 nitrogen and oxygen atoms in total. The molecule has 0 heterocycles. The lowest BCUT2D eigenvalue weighted by Gasteiger charge is -2.10. The summed E-state index contributed by atoms with van der Waals surface area (Å²) in [6, 6.07) is 13.0. The molecule has 2 aromatic carbocycles. The number of urea groups is 1. The van der Waals surface area contributed by atoms with Crippen molar-refractivity contribution in [3.63, 3.8) is 0 Å². The standard InChI is InChI=1S/C19H18F3N3O5/c20-19(21,22)30-15-8-6-14(7-9-15)25-16(26)12-29-17(27)11-24-18(28)23-10-13-4-2-1-3-5-13/h1-9H,10-12H2,(H,25,26)(H2,23,24,28). The number of benzene rings is 2. The summed E-state index contributed by atoms with van der Waals surface area (Å²) >= 11 is 0. The summed E-state index contributed by atoms with van der Waals surface area (Å²) < 4.78 is 44.7. The molecule has 0 atom stereocenters. The second-order valence-electron chi connectivity index (χ2n) is 5.80. The van der Waals surface area contributed by atoms with Crippen molar-refractivity contribution in [3.05, 3.63) is 60.2 Å². The van der Waals surface area contributed by atoms with E-state index in [1.165, 1.54) is 12.1 Å². The van der Waals surface area contributed by atoms with Crippen molar-refractivity contribution in [1.82, 2.24) is 10.6 Å². The zero-order chi connectivity index (χ0) is 22.0. The van der Waals surface area contributed by atoms with Crippen molar-refractivity contribution < 1.29 is 37.0 Å². The molecule has 2 rings (SSSR count). The fourth-order valence-electron chi connectivity index (χ4n) is 2.13. The van der Waals surface area contributed by atoms with E-state index in [4.69, 9.17) is 4.74 Å². The Morgan fingerprint density at radius 2 is 1.57 bits per heavy atom. The number of hydrogen-bond donors (Lipinski definition) is 3. The van der Waals surface area contributed by atoms with E-state index >= 15 is 0 Å². The molecule has 0 bridgehead atoms. The first-order valence-corrected chi connectivity index (χ1v) is 8.58. The van der Waals surface area contributed by atoms with Crippen LogP contribution in [0.4, 0.5) is 23.7 Å². The van der Waals surface area contributed by atoms with E-state index in [2.05, 4.69) is 20.7 Å². The van der Waals surface area contributed by atoms with E-state index in [1.807, 2.05) is 30.3 Å². The Kier molecular flexibility index (Phi) is 8.03. The Hall–Kier alpha value is -3.76. The molecule has 0 aliphatic rings. The van der Waals surface area contributed by atoms with E-state index in [-0.39, 0.29) is 12.2 Å². The topological polar surface area (TPSA) is 106 Å². The van der Waals surface area contributed by atoms with Gasteiger partial charge in [0.05, 0.1) is 0 Å². The Balaban J connectivity index is 1.64. The first-order chi connectivity index (χ1) is 14.2. The fourth-order valence-corrected chi connectivity index (χ4v) is 2.13. The molecule has 0 unspecified atom stereocenters. The van der Waals surface area contributed by atoms with Crippen molar-refractivity contribution in [2.24, 2.45) is 0 Å². The minimum absolute atomic E-state index is 0.184. The third-order valence-corrected chi connectivity index (χ3v) is 3.43. The van der Waals surface area contributed by atoms with Gasteiger partial charge in [-0.3, -0.25) is 9.59 Å². The number of anilines is 1.